The number of phenolic OH excluding ortho intramolecular Hbond substituents is 1. The maximum atomic E-state index is 9.53. The summed E-state index contributed by atoms with van der Waals surface area (Å²) in [6, 6.07) is 7.01. The normalized spacial score (nSPS) is 10.7. The summed E-state index contributed by atoms with van der Waals surface area (Å²) in [5.74, 6) is 1.26. The van der Waals surface area contributed by atoms with Crippen LogP contribution in [0.25, 0.3) is 10.2 Å². The van der Waals surface area contributed by atoms with Crippen LogP contribution in [0.3, 0.4) is 0 Å². The molecule has 0 amide bonds. The zero-order valence-corrected chi connectivity index (χ0v) is 10.4. The molecule has 4 nitrogen and oxygen atoms in total. The average Bonchev–Trinajstić information content (AvgIpc) is 2.76. The van der Waals surface area contributed by atoms with Gasteiger partial charge in [0.15, 0.2) is 0 Å². The first-order valence-electron chi connectivity index (χ1n) is 5.39. The minimum atomic E-state index is 0.181. The molecule has 0 saturated carbocycles. The van der Waals surface area contributed by atoms with E-state index in [-0.39, 0.29) is 5.75 Å². The maximum Gasteiger partial charge on any atom is 0.231 e. The van der Waals surface area contributed by atoms with E-state index in [1.54, 1.807) is 12.1 Å². The number of aromatic hydroxyl groups is 1. The molecule has 18 heavy (non-hydrogen) atoms. The van der Waals surface area contributed by atoms with Crippen molar-refractivity contribution in [3.8, 4) is 17.4 Å². The highest BCUT2D eigenvalue weighted by Gasteiger charge is 2.07. The molecule has 3 aromatic rings. The van der Waals surface area contributed by atoms with Crippen molar-refractivity contribution in [1.29, 1.82) is 0 Å². The van der Waals surface area contributed by atoms with E-state index in [1.165, 1.54) is 17.7 Å². The van der Waals surface area contributed by atoms with Gasteiger partial charge in [-0.15, -0.1) is 11.3 Å². The highest BCUT2D eigenvalue weighted by molar-refractivity contribution is 7.16. The topological polar surface area (TPSA) is 55.2 Å². The predicted octanol–water partition coefficient (Wildman–Crippen LogP) is 3.50. The van der Waals surface area contributed by atoms with Crippen LogP contribution in [0.4, 0.5) is 0 Å². The number of aryl methyl sites for hydroxylation is 1. The second-order valence-corrected chi connectivity index (χ2v) is 4.82. The molecule has 0 bridgehead atoms. The van der Waals surface area contributed by atoms with Crippen molar-refractivity contribution in [3.05, 3.63) is 41.5 Å². The lowest BCUT2D eigenvalue weighted by atomic mass is 10.2. The fourth-order valence-corrected chi connectivity index (χ4v) is 2.47. The van der Waals surface area contributed by atoms with Crippen molar-refractivity contribution < 1.29 is 9.84 Å². The minimum absolute atomic E-state index is 0.181. The summed E-state index contributed by atoms with van der Waals surface area (Å²) in [5.41, 5.74) is 0.931. The van der Waals surface area contributed by atoms with Gasteiger partial charge in [-0.3, -0.25) is 0 Å². The molecule has 1 aromatic carbocycles. The molecular weight excluding hydrogens is 248 g/mol. The molecule has 0 saturated heterocycles. The number of thiophene rings is 1. The van der Waals surface area contributed by atoms with Crippen LogP contribution < -0.4 is 4.74 Å². The Balaban J connectivity index is 2.03. The van der Waals surface area contributed by atoms with Crippen molar-refractivity contribution >= 4 is 21.6 Å². The SMILES string of the molecule is Cc1cc(O)cc(Oc2ncnc3sccc23)c1. The Hall–Kier alpha value is -2.14. The standard InChI is InChI=1S/C13H10N2O2S/c1-8-4-9(16)6-10(5-8)17-12-11-2-3-18-13(11)15-7-14-12/h2-7,16H,1H3. The number of phenols is 1. The number of fused-ring (bicyclic) bond motifs is 1. The van der Waals surface area contributed by atoms with Crippen LogP contribution in [0.2, 0.25) is 0 Å². The molecule has 0 spiro atoms. The monoisotopic (exact) mass is 258 g/mol. The molecule has 3 rings (SSSR count). The van der Waals surface area contributed by atoms with Crippen LogP contribution >= 0.6 is 11.3 Å². The molecule has 0 fully saturated rings. The van der Waals surface area contributed by atoms with Gasteiger partial charge in [0.25, 0.3) is 0 Å². The van der Waals surface area contributed by atoms with Crippen LogP contribution in [0.5, 0.6) is 17.4 Å². The number of ether oxygens (including phenoxy) is 1. The van der Waals surface area contributed by atoms with Crippen molar-refractivity contribution in [1.82, 2.24) is 9.97 Å². The molecule has 0 aliphatic heterocycles. The fourth-order valence-electron chi connectivity index (χ4n) is 1.75. The van der Waals surface area contributed by atoms with Crippen molar-refractivity contribution in [2.24, 2.45) is 0 Å². The summed E-state index contributed by atoms with van der Waals surface area (Å²) in [6.07, 6.45) is 1.48. The third-order valence-electron chi connectivity index (χ3n) is 2.48. The molecule has 0 unspecified atom stereocenters. The number of nitrogens with zero attached hydrogens (tertiary/aromatic N) is 2. The van der Waals surface area contributed by atoms with Gasteiger partial charge in [0.05, 0.1) is 5.39 Å². The summed E-state index contributed by atoms with van der Waals surface area (Å²) in [5, 5.41) is 12.4. The lowest BCUT2D eigenvalue weighted by Gasteiger charge is -2.06. The Bertz CT molecular complexity index is 689. The van der Waals surface area contributed by atoms with E-state index in [1.807, 2.05) is 24.4 Å². The third kappa shape index (κ3) is 2.00. The van der Waals surface area contributed by atoms with Gasteiger partial charge >= 0.3 is 0 Å². The second kappa shape index (κ2) is 4.27. The van der Waals surface area contributed by atoms with E-state index in [9.17, 15) is 5.11 Å². The highest BCUT2D eigenvalue weighted by Crippen LogP contribution is 2.31. The lowest BCUT2D eigenvalue weighted by molar-refractivity contribution is 0.448. The summed E-state index contributed by atoms with van der Waals surface area (Å²) < 4.78 is 5.71. The predicted molar refractivity (Wildman–Crippen MR) is 70.3 cm³/mol. The Morgan fingerprint density at radius 2 is 2.11 bits per heavy atom. The molecule has 90 valence electrons. The number of hydrogen-bond acceptors (Lipinski definition) is 5. The number of aromatic nitrogens is 2. The van der Waals surface area contributed by atoms with Crippen molar-refractivity contribution in [3.63, 3.8) is 0 Å². The molecular formula is C13H10N2O2S. The lowest BCUT2D eigenvalue weighted by Crippen LogP contribution is -1.89. The van der Waals surface area contributed by atoms with Crippen LogP contribution in [0.15, 0.2) is 36.0 Å². The number of benzene rings is 1. The molecule has 1 N–H and O–H groups in total. The first-order chi connectivity index (χ1) is 8.72. The van der Waals surface area contributed by atoms with Crippen molar-refractivity contribution in [2.75, 3.05) is 0 Å². The molecule has 5 heteroatoms. The Morgan fingerprint density at radius 1 is 1.22 bits per heavy atom. The van der Waals surface area contributed by atoms with Gasteiger partial charge in [-0.05, 0) is 36.1 Å². The summed E-state index contributed by atoms with van der Waals surface area (Å²) in [7, 11) is 0. The quantitative estimate of drug-likeness (QED) is 0.764. The van der Waals surface area contributed by atoms with Gasteiger partial charge in [-0.25, -0.2) is 9.97 Å². The van der Waals surface area contributed by atoms with Gasteiger partial charge in [0.1, 0.15) is 22.7 Å². The van der Waals surface area contributed by atoms with Gasteiger partial charge in [0.2, 0.25) is 5.88 Å². The Morgan fingerprint density at radius 3 is 2.94 bits per heavy atom. The first-order valence-corrected chi connectivity index (χ1v) is 6.27. The molecule has 2 heterocycles. The van der Waals surface area contributed by atoms with Crippen LogP contribution in [0, 0.1) is 6.92 Å². The summed E-state index contributed by atoms with van der Waals surface area (Å²) in [4.78, 5) is 9.17. The average molecular weight is 258 g/mol. The van der Waals surface area contributed by atoms with E-state index in [0.29, 0.717) is 11.6 Å². The van der Waals surface area contributed by atoms with Gasteiger partial charge in [-0.2, -0.15) is 0 Å². The van der Waals surface area contributed by atoms with Gasteiger partial charge < -0.3 is 9.84 Å². The zero-order valence-electron chi connectivity index (χ0n) is 9.62. The Kier molecular flexibility index (Phi) is 2.60. The largest absolute Gasteiger partial charge is 0.508 e. The fraction of sp³-hybridized carbons (Fsp3) is 0.0769. The number of rotatable bonds is 2. The highest BCUT2D eigenvalue weighted by atomic mass is 32.1. The first kappa shape index (κ1) is 11.0. The third-order valence-corrected chi connectivity index (χ3v) is 3.30. The second-order valence-electron chi connectivity index (χ2n) is 3.92. The van der Waals surface area contributed by atoms with Crippen LogP contribution in [0.1, 0.15) is 5.56 Å². The molecule has 0 aliphatic rings. The van der Waals surface area contributed by atoms with Gasteiger partial charge in [0, 0.05) is 6.07 Å². The smallest absolute Gasteiger partial charge is 0.231 e. The van der Waals surface area contributed by atoms with E-state index >= 15 is 0 Å². The van der Waals surface area contributed by atoms with Crippen molar-refractivity contribution in [2.45, 2.75) is 6.92 Å². The van der Waals surface area contributed by atoms with E-state index in [0.717, 1.165) is 15.8 Å². The minimum Gasteiger partial charge on any atom is -0.508 e. The Labute approximate surface area is 108 Å². The summed E-state index contributed by atoms with van der Waals surface area (Å²) in [6.45, 7) is 1.90. The molecule has 0 atom stereocenters. The molecule has 0 aliphatic carbocycles. The van der Waals surface area contributed by atoms with Crippen LogP contribution in [-0.2, 0) is 0 Å². The zero-order chi connectivity index (χ0) is 12.5. The molecule has 0 radical (unpaired) electrons. The van der Waals surface area contributed by atoms with E-state index in [2.05, 4.69) is 9.97 Å². The van der Waals surface area contributed by atoms with E-state index < -0.39 is 0 Å². The van der Waals surface area contributed by atoms with E-state index in [4.69, 9.17) is 4.74 Å². The number of hydrogen-bond donors (Lipinski definition) is 1. The molecule has 2 aromatic heterocycles. The maximum absolute atomic E-state index is 9.53. The van der Waals surface area contributed by atoms with Crippen LogP contribution in [-0.4, -0.2) is 15.1 Å². The van der Waals surface area contributed by atoms with Gasteiger partial charge in [-0.1, -0.05) is 0 Å². The summed E-state index contributed by atoms with van der Waals surface area (Å²) >= 11 is 1.54.